The molecule has 1 saturated heterocycles. The molecule has 0 radical (unpaired) electrons. The van der Waals surface area contributed by atoms with Gasteiger partial charge in [0.05, 0.1) is 11.8 Å². The van der Waals surface area contributed by atoms with Gasteiger partial charge in [0.2, 0.25) is 0 Å². The number of benzene rings is 1. The van der Waals surface area contributed by atoms with Gasteiger partial charge in [-0.1, -0.05) is 36.4 Å². The SMILES string of the molecule is c1ccc(C(OC2CCNCC2)c2ccccn2)cc1. The first-order valence-corrected chi connectivity index (χ1v) is 7.25. The van der Waals surface area contributed by atoms with Crippen molar-refractivity contribution < 1.29 is 4.74 Å². The Bertz CT molecular complexity index is 470. The van der Waals surface area contributed by atoms with Crippen LogP contribution in [0.2, 0.25) is 0 Å². The molecule has 1 N–H and O–H groups in total. The average molecular weight is 268 g/mol. The zero-order valence-electron chi connectivity index (χ0n) is 11.5. The molecule has 0 aliphatic carbocycles. The predicted molar refractivity (Wildman–Crippen MR) is 79.5 cm³/mol. The van der Waals surface area contributed by atoms with Crippen molar-refractivity contribution in [3.05, 3.63) is 66.0 Å². The van der Waals surface area contributed by atoms with E-state index in [0.717, 1.165) is 31.6 Å². The first-order chi connectivity index (χ1) is 9.93. The van der Waals surface area contributed by atoms with Crippen molar-refractivity contribution in [2.75, 3.05) is 13.1 Å². The Kier molecular flexibility index (Phi) is 4.41. The molecule has 1 fully saturated rings. The van der Waals surface area contributed by atoms with E-state index in [1.54, 1.807) is 0 Å². The van der Waals surface area contributed by atoms with Gasteiger partial charge in [0, 0.05) is 6.20 Å². The van der Waals surface area contributed by atoms with Crippen LogP contribution < -0.4 is 5.32 Å². The molecular weight excluding hydrogens is 248 g/mol. The van der Waals surface area contributed by atoms with Crippen LogP contribution >= 0.6 is 0 Å². The first-order valence-electron chi connectivity index (χ1n) is 7.25. The zero-order chi connectivity index (χ0) is 13.6. The minimum absolute atomic E-state index is 0.0690. The molecule has 0 saturated carbocycles. The molecule has 3 nitrogen and oxygen atoms in total. The normalized spacial score (nSPS) is 17.8. The standard InChI is InChI=1S/C17H20N2O/c1-2-6-14(7-3-1)17(16-8-4-5-11-19-16)20-15-9-12-18-13-10-15/h1-8,11,15,17-18H,9-10,12-13H2. The summed E-state index contributed by atoms with van der Waals surface area (Å²) in [7, 11) is 0. The van der Waals surface area contributed by atoms with Crippen LogP contribution in [0.5, 0.6) is 0 Å². The second-order valence-electron chi connectivity index (χ2n) is 5.13. The average Bonchev–Trinajstić information content (AvgIpc) is 2.55. The summed E-state index contributed by atoms with van der Waals surface area (Å²) in [6.07, 6.45) is 4.20. The Morgan fingerprint density at radius 1 is 1.00 bits per heavy atom. The van der Waals surface area contributed by atoms with Crippen LogP contribution in [0.1, 0.15) is 30.2 Å². The molecule has 3 heteroatoms. The molecule has 3 rings (SSSR count). The van der Waals surface area contributed by atoms with Crippen LogP contribution in [0.25, 0.3) is 0 Å². The third-order valence-electron chi connectivity index (χ3n) is 3.67. The number of pyridine rings is 1. The smallest absolute Gasteiger partial charge is 0.125 e. The lowest BCUT2D eigenvalue weighted by Gasteiger charge is -2.28. The molecule has 1 aliphatic heterocycles. The van der Waals surface area contributed by atoms with Gasteiger partial charge in [-0.05, 0) is 43.6 Å². The van der Waals surface area contributed by atoms with Gasteiger partial charge in [0.25, 0.3) is 0 Å². The lowest BCUT2D eigenvalue weighted by atomic mass is 10.0. The Hall–Kier alpha value is -1.71. The fourth-order valence-corrected chi connectivity index (χ4v) is 2.60. The summed E-state index contributed by atoms with van der Waals surface area (Å²) in [4.78, 5) is 4.48. The quantitative estimate of drug-likeness (QED) is 0.925. The number of nitrogens with one attached hydrogen (secondary N) is 1. The van der Waals surface area contributed by atoms with E-state index in [9.17, 15) is 0 Å². The lowest BCUT2D eigenvalue weighted by molar-refractivity contribution is -0.00991. The predicted octanol–water partition coefficient (Wildman–Crippen LogP) is 2.94. The molecule has 1 aromatic carbocycles. The summed E-state index contributed by atoms with van der Waals surface area (Å²) >= 11 is 0. The van der Waals surface area contributed by atoms with E-state index in [0.29, 0.717) is 6.10 Å². The van der Waals surface area contributed by atoms with Gasteiger partial charge in [-0.2, -0.15) is 0 Å². The number of piperidine rings is 1. The van der Waals surface area contributed by atoms with E-state index in [2.05, 4.69) is 34.6 Å². The van der Waals surface area contributed by atoms with E-state index in [-0.39, 0.29) is 6.10 Å². The zero-order valence-corrected chi connectivity index (χ0v) is 11.5. The highest BCUT2D eigenvalue weighted by Crippen LogP contribution is 2.27. The molecule has 1 aromatic heterocycles. The molecular formula is C17H20N2O. The van der Waals surface area contributed by atoms with Crippen LogP contribution in [0.3, 0.4) is 0 Å². The topological polar surface area (TPSA) is 34.1 Å². The van der Waals surface area contributed by atoms with Gasteiger partial charge in [0.15, 0.2) is 0 Å². The van der Waals surface area contributed by atoms with Gasteiger partial charge in [-0.25, -0.2) is 0 Å². The van der Waals surface area contributed by atoms with Crippen LogP contribution in [-0.2, 0) is 4.74 Å². The van der Waals surface area contributed by atoms with Gasteiger partial charge >= 0.3 is 0 Å². The fourth-order valence-electron chi connectivity index (χ4n) is 2.60. The third-order valence-corrected chi connectivity index (χ3v) is 3.67. The molecule has 1 atom stereocenters. The molecule has 0 amide bonds. The number of hydrogen-bond acceptors (Lipinski definition) is 3. The summed E-state index contributed by atoms with van der Waals surface area (Å²) in [5.74, 6) is 0. The Balaban J connectivity index is 1.83. The highest BCUT2D eigenvalue weighted by atomic mass is 16.5. The van der Waals surface area contributed by atoms with Crippen molar-refractivity contribution in [1.82, 2.24) is 10.3 Å². The van der Waals surface area contributed by atoms with Crippen molar-refractivity contribution >= 4 is 0 Å². The summed E-state index contributed by atoms with van der Waals surface area (Å²) in [6.45, 7) is 2.07. The van der Waals surface area contributed by atoms with Crippen LogP contribution in [0.15, 0.2) is 54.7 Å². The monoisotopic (exact) mass is 268 g/mol. The first kappa shape index (κ1) is 13.3. The summed E-state index contributed by atoms with van der Waals surface area (Å²) < 4.78 is 6.36. The van der Waals surface area contributed by atoms with Crippen molar-refractivity contribution in [3.8, 4) is 0 Å². The number of hydrogen-bond donors (Lipinski definition) is 1. The van der Waals surface area contributed by atoms with Crippen LogP contribution in [-0.4, -0.2) is 24.2 Å². The number of aromatic nitrogens is 1. The van der Waals surface area contributed by atoms with Gasteiger partial charge < -0.3 is 10.1 Å². The number of nitrogens with zero attached hydrogens (tertiary/aromatic N) is 1. The summed E-state index contributed by atoms with van der Waals surface area (Å²) in [6, 6.07) is 16.4. The van der Waals surface area contributed by atoms with E-state index < -0.39 is 0 Å². The molecule has 104 valence electrons. The maximum Gasteiger partial charge on any atom is 0.125 e. The van der Waals surface area contributed by atoms with Gasteiger partial charge in [-0.15, -0.1) is 0 Å². The van der Waals surface area contributed by atoms with Crippen LogP contribution in [0, 0.1) is 0 Å². The molecule has 0 spiro atoms. The third kappa shape index (κ3) is 3.24. The summed E-state index contributed by atoms with van der Waals surface area (Å²) in [5.41, 5.74) is 2.15. The van der Waals surface area contributed by atoms with Crippen molar-refractivity contribution in [2.24, 2.45) is 0 Å². The van der Waals surface area contributed by atoms with Crippen molar-refractivity contribution in [3.63, 3.8) is 0 Å². The minimum Gasteiger partial charge on any atom is -0.364 e. The van der Waals surface area contributed by atoms with E-state index in [1.165, 1.54) is 5.56 Å². The van der Waals surface area contributed by atoms with Crippen molar-refractivity contribution in [2.45, 2.75) is 25.0 Å². The highest BCUT2D eigenvalue weighted by molar-refractivity contribution is 5.25. The fraction of sp³-hybridized carbons (Fsp3) is 0.353. The van der Waals surface area contributed by atoms with Crippen LogP contribution in [0.4, 0.5) is 0 Å². The van der Waals surface area contributed by atoms with E-state index >= 15 is 0 Å². The Morgan fingerprint density at radius 2 is 1.75 bits per heavy atom. The maximum atomic E-state index is 6.36. The van der Waals surface area contributed by atoms with Gasteiger partial charge in [0.1, 0.15) is 6.10 Å². The number of ether oxygens (including phenoxy) is 1. The second-order valence-corrected chi connectivity index (χ2v) is 5.13. The molecule has 0 bridgehead atoms. The second kappa shape index (κ2) is 6.64. The van der Waals surface area contributed by atoms with Crippen molar-refractivity contribution in [1.29, 1.82) is 0 Å². The molecule has 1 aliphatic rings. The minimum atomic E-state index is -0.0690. The van der Waals surface area contributed by atoms with Gasteiger partial charge in [-0.3, -0.25) is 4.98 Å². The largest absolute Gasteiger partial charge is 0.364 e. The molecule has 1 unspecified atom stereocenters. The maximum absolute atomic E-state index is 6.36. The molecule has 20 heavy (non-hydrogen) atoms. The highest BCUT2D eigenvalue weighted by Gasteiger charge is 2.22. The Labute approximate surface area is 120 Å². The molecule has 2 heterocycles. The lowest BCUT2D eigenvalue weighted by Crippen LogP contribution is -2.33. The summed E-state index contributed by atoms with van der Waals surface area (Å²) in [5, 5.41) is 3.37. The van der Waals surface area contributed by atoms with E-state index in [4.69, 9.17) is 4.74 Å². The number of rotatable bonds is 4. The Morgan fingerprint density at radius 3 is 2.45 bits per heavy atom. The molecule has 2 aromatic rings. The van der Waals surface area contributed by atoms with E-state index in [1.807, 2.05) is 30.5 Å².